The lowest BCUT2D eigenvalue weighted by Crippen LogP contribution is -2.49. The summed E-state index contributed by atoms with van der Waals surface area (Å²) in [6, 6.07) is 26.6. The van der Waals surface area contributed by atoms with Crippen LogP contribution in [0.1, 0.15) is 50.1 Å². The second-order valence-electron chi connectivity index (χ2n) is 11.8. The summed E-state index contributed by atoms with van der Waals surface area (Å²) in [5.74, 6) is -0.287. The number of carbonyl (C=O) groups excluding carboxylic acids is 1. The molecule has 0 radical (unpaired) electrons. The molecule has 1 aliphatic carbocycles. The molecule has 3 aromatic carbocycles. The molecule has 6 rings (SSSR count). The van der Waals surface area contributed by atoms with Gasteiger partial charge >= 0.3 is 6.16 Å². The lowest BCUT2D eigenvalue weighted by atomic mass is 9.84. The van der Waals surface area contributed by atoms with E-state index in [0.29, 0.717) is 38.5 Å². The van der Waals surface area contributed by atoms with Gasteiger partial charge in [0.2, 0.25) is 15.9 Å². The highest BCUT2D eigenvalue weighted by Crippen LogP contribution is 2.36. The van der Waals surface area contributed by atoms with Gasteiger partial charge in [-0.25, -0.2) is 17.9 Å². The molecule has 1 aromatic heterocycles. The molecule has 4 aromatic rings. The zero-order valence-corrected chi connectivity index (χ0v) is 25.4. The first-order valence-corrected chi connectivity index (χ1v) is 16.6. The Morgan fingerprint density at radius 1 is 0.864 bits per heavy atom. The molecule has 1 saturated heterocycles. The zero-order chi connectivity index (χ0) is 30.8. The van der Waals surface area contributed by atoms with E-state index in [4.69, 9.17) is 9.84 Å². The van der Waals surface area contributed by atoms with Crippen LogP contribution in [0.5, 0.6) is 0 Å². The Hall–Kier alpha value is -4.15. The van der Waals surface area contributed by atoms with Gasteiger partial charge in [-0.15, -0.1) is 0 Å². The van der Waals surface area contributed by atoms with Crippen LogP contribution in [0.15, 0.2) is 89.8 Å². The summed E-state index contributed by atoms with van der Waals surface area (Å²) in [5, 5.41) is 10.0. The first-order chi connectivity index (χ1) is 21.2. The maximum atomic E-state index is 13.8. The molecule has 10 heteroatoms. The van der Waals surface area contributed by atoms with Crippen LogP contribution in [-0.2, 0) is 26.6 Å². The van der Waals surface area contributed by atoms with Crippen LogP contribution in [0.3, 0.4) is 0 Å². The van der Waals surface area contributed by atoms with E-state index in [9.17, 15) is 18.0 Å². The van der Waals surface area contributed by atoms with Crippen LogP contribution in [0, 0.1) is 5.92 Å². The smallest absolute Gasteiger partial charge is 0.450 e. The predicted molar refractivity (Wildman–Crippen MR) is 167 cm³/mol. The molecule has 9 nitrogen and oxygen atoms in total. The van der Waals surface area contributed by atoms with Crippen molar-refractivity contribution in [3.8, 4) is 11.3 Å². The average Bonchev–Trinajstić information content (AvgIpc) is 3.37. The van der Waals surface area contributed by atoms with Crippen molar-refractivity contribution in [1.82, 2.24) is 14.2 Å². The number of aryl methyl sites for hydroxylation is 1. The number of aromatic nitrogens is 1. The Morgan fingerprint density at radius 3 is 2.23 bits per heavy atom. The van der Waals surface area contributed by atoms with Gasteiger partial charge in [-0.3, -0.25) is 4.79 Å². The van der Waals surface area contributed by atoms with Gasteiger partial charge in [0.05, 0.1) is 17.5 Å². The maximum absolute atomic E-state index is 13.8. The summed E-state index contributed by atoms with van der Waals surface area (Å²) < 4.78 is 36.9. The molecule has 1 aliphatic heterocycles. The number of benzene rings is 3. The molecular weight excluding hydrogens is 578 g/mol. The molecule has 2 unspecified atom stereocenters. The highest BCUT2D eigenvalue weighted by molar-refractivity contribution is 7.89. The molecule has 1 saturated carbocycles. The number of rotatable bonds is 7. The van der Waals surface area contributed by atoms with E-state index in [1.807, 2.05) is 79.8 Å². The zero-order valence-electron chi connectivity index (χ0n) is 24.6. The number of nitrogens with one attached hydrogen (secondary N) is 1. The third kappa shape index (κ3) is 6.23. The number of fused-ring (bicyclic) bond motifs is 1. The minimum absolute atomic E-state index is 0.0254. The Kier molecular flexibility index (Phi) is 8.46. The van der Waals surface area contributed by atoms with Gasteiger partial charge in [0.15, 0.2) is 0 Å². The Balaban J connectivity index is 1.12. The van der Waals surface area contributed by atoms with Crippen molar-refractivity contribution in [3.05, 3.63) is 90.5 Å². The van der Waals surface area contributed by atoms with Crippen molar-refractivity contribution in [2.45, 2.75) is 61.6 Å². The van der Waals surface area contributed by atoms with Crippen LogP contribution < -0.4 is 4.72 Å². The number of sulfonamides is 1. The van der Waals surface area contributed by atoms with Crippen molar-refractivity contribution in [3.63, 3.8) is 0 Å². The summed E-state index contributed by atoms with van der Waals surface area (Å²) >= 11 is 0. The van der Waals surface area contributed by atoms with Gasteiger partial charge in [0.25, 0.3) is 0 Å². The van der Waals surface area contributed by atoms with Crippen molar-refractivity contribution in [2.75, 3.05) is 6.54 Å². The van der Waals surface area contributed by atoms with Gasteiger partial charge in [-0.05, 0) is 73.9 Å². The van der Waals surface area contributed by atoms with Gasteiger partial charge in [-0.1, -0.05) is 60.7 Å². The van der Waals surface area contributed by atoms with Crippen LogP contribution >= 0.6 is 0 Å². The minimum Gasteiger partial charge on any atom is -0.450 e. The molecule has 2 aliphatic rings. The Morgan fingerprint density at radius 2 is 1.55 bits per heavy atom. The summed E-state index contributed by atoms with van der Waals surface area (Å²) in [4.78, 5) is 27.0. The van der Waals surface area contributed by atoms with E-state index >= 15 is 0 Å². The molecule has 2 atom stereocenters. The number of piperidine rings is 1. The molecule has 44 heavy (non-hydrogen) atoms. The fourth-order valence-corrected chi connectivity index (χ4v) is 8.14. The van der Waals surface area contributed by atoms with Crippen molar-refractivity contribution in [1.29, 1.82) is 0 Å². The van der Waals surface area contributed by atoms with E-state index in [1.165, 1.54) is 0 Å². The molecular formula is C34H37N3O6S. The third-order valence-electron chi connectivity index (χ3n) is 9.07. The van der Waals surface area contributed by atoms with Gasteiger partial charge < -0.3 is 19.3 Å². The van der Waals surface area contributed by atoms with Gasteiger partial charge in [0.1, 0.15) is 6.10 Å². The van der Waals surface area contributed by atoms with Gasteiger partial charge in [-0.2, -0.15) is 0 Å². The third-order valence-corrected chi connectivity index (χ3v) is 10.6. The number of likely N-dealkylation sites (tertiary alicyclic amines) is 1. The molecule has 2 fully saturated rings. The average molecular weight is 616 g/mol. The normalized spacial score (nSPS) is 22.5. The lowest BCUT2D eigenvalue weighted by Gasteiger charge is -2.42. The fraction of sp³-hybridized carbons (Fsp3) is 0.353. The number of nitrogens with zero attached hydrogens (tertiary/aromatic N) is 2. The topological polar surface area (TPSA) is 118 Å². The van der Waals surface area contributed by atoms with E-state index in [1.54, 1.807) is 17.0 Å². The maximum Gasteiger partial charge on any atom is 0.506 e. The molecule has 2 N–H and O–H groups in total. The Bertz CT molecular complexity index is 1750. The summed E-state index contributed by atoms with van der Waals surface area (Å²) in [6.07, 6.45) is 1.44. The molecule has 230 valence electrons. The second-order valence-corrected chi connectivity index (χ2v) is 13.6. The number of carbonyl (C=O) groups is 2. The first-order valence-electron chi connectivity index (χ1n) is 15.1. The van der Waals surface area contributed by atoms with E-state index in [2.05, 4.69) is 9.29 Å². The summed E-state index contributed by atoms with van der Waals surface area (Å²) in [6.45, 7) is 0.213. The number of ether oxygens (including phenoxy) is 1. The van der Waals surface area contributed by atoms with Gasteiger partial charge in [0, 0.05) is 35.6 Å². The molecule has 0 bridgehead atoms. The largest absolute Gasteiger partial charge is 0.506 e. The Labute approximate surface area is 257 Å². The minimum atomic E-state index is -3.77. The number of hydrogen-bond acceptors (Lipinski definition) is 5. The highest BCUT2D eigenvalue weighted by atomic mass is 32.2. The van der Waals surface area contributed by atoms with Crippen LogP contribution in [0.2, 0.25) is 0 Å². The second kappa shape index (κ2) is 12.5. The summed E-state index contributed by atoms with van der Waals surface area (Å²) in [7, 11) is -1.79. The first kappa shape index (κ1) is 29.9. The molecule has 1 amide bonds. The van der Waals surface area contributed by atoms with Crippen molar-refractivity contribution >= 4 is 33.0 Å². The fourth-order valence-electron chi connectivity index (χ4n) is 6.80. The molecule has 0 spiro atoms. The van der Waals surface area contributed by atoms with Crippen LogP contribution in [0.25, 0.3) is 22.2 Å². The van der Waals surface area contributed by atoms with Crippen LogP contribution in [0.4, 0.5) is 4.79 Å². The molecule has 2 heterocycles. The standard InChI is InChI=1S/C34H37N3O6S/c1-36-30-19-17-29(20-26(30)21-32(36)24-10-6-3-7-11-24)44(41,42)35-27-14-12-25(13-15-27)33(38)37-22-28(43-34(39)40)16-18-31(37)23-8-4-2-5-9-23/h2-11,17,19-21,25,27-28,31,35H,12-16,18,22H2,1H3,(H,39,40)/t25-,27-,28?,31?. The van der Waals surface area contributed by atoms with E-state index in [0.717, 1.165) is 27.7 Å². The van der Waals surface area contributed by atoms with Crippen LogP contribution in [-0.4, -0.2) is 53.7 Å². The predicted octanol–water partition coefficient (Wildman–Crippen LogP) is 6.11. The van der Waals surface area contributed by atoms with Crippen molar-refractivity contribution in [2.24, 2.45) is 13.0 Å². The quantitative estimate of drug-likeness (QED) is 0.242. The monoisotopic (exact) mass is 615 g/mol. The highest BCUT2D eigenvalue weighted by Gasteiger charge is 2.38. The number of hydrogen-bond donors (Lipinski definition) is 2. The number of carboxylic acid groups (broad SMARTS) is 1. The lowest BCUT2D eigenvalue weighted by molar-refractivity contribution is -0.144. The number of amides is 1. The SMILES string of the molecule is Cn1c(-c2ccccc2)cc2cc(S(=O)(=O)N[C@H]3CC[C@H](C(=O)N4CC(OC(=O)O)CCC4c4ccccc4)CC3)ccc21. The van der Waals surface area contributed by atoms with E-state index < -0.39 is 22.3 Å². The summed E-state index contributed by atoms with van der Waals surface area (Å²) in [5.41, 5.74) is 4.03. The van der Waals surface area contributed by atoms with E-state index in [-0.39, 0.29) is 35.3 Å². The van der Waals surface area contributed by atoms with Crippen molar-refractivity contribution < 1.29 is 27.9 Å².